The average molecular weight is 274 g/mol. The first-order valence-corrected chi connectivity index (χ1v) is 7.25. The van der Waals surface area contributed by atoms with E-state index in [9.17, 15) is 0 Å². The van der Waals surface area contributed by atoms with Crippen molar-refractivity contribution in [3.8, 4) is 0 Å². The van der Waals surface area contributed by atoms with Crippen molar-refractivity contribution in [2.45, 2.75) is 44.8 Å². The summed E-state index contributed by atoms with van der Waals surface area (Å²) in [7, 11) is 0. The molecule has 2 saturated carbocycles. The van der Waals surface area contributed by atoms with Crippen LogP contribution in [0.15, 0.2) is 6.20 Å². The van der Waals surface area contributed by atoms with Crippen LogP contribution in [0.4, 0.5) is 0 Å². The van der Waals surface area contributed by atoms with Gasteiger partial charge in [0.25, 0.3) is 0 Å². The molecule has 2 aliphatic carbocycles. The molecule has 2 aliphatic rings. The lowest BCUT2D eigenvalue weighted by atomic mass is 10.4. The highest BCUT2D eigenvalue weighted by Gasteiger charge is 2.27. The fraction of sp³-hybridized carbons (Fsp3) is 0.750. The van der Waals surface area contributed by atoms with Gasteiger partial charge in [0.1, 0.15) is 6.54 Å². The molecule has 0 aromatic carbocycles. The first-order chi connectivity index (χ1) is 9.88. The predicted octanol–water partition coefficient (Wildman–Crippen LogP) is 0.147. The molecule has 2 heterocycles. The lowest BCUT2D eigenvalue weighted by Gasteiger charge is -2.01. The van der Waals surface area contributed by atoms with E-state index in [4.69, 9.17) is 0 Å². The third-order valence-electron chi connectivity index (χ3n) is 3.78. The van der Waals surface area contributed by atoms with Crippen molar-refractivity contribution >= 4 is 0 Å². The van der Waals surface area contributed by atoms with E-state index in [1.165, 1.54) is 25.7 Å². The monoisotopic (exact) mass is 274 g/mol. The summed E-state index contributed by atoms with van der Waals surface area (Å²) in [6.45, 7) is 2.45. The van der Waals surface area contributed by atoms with Gasteiger partial charge in [0, 0.05) is 6.54 Å². The molecule has 20 heavy (non-hydrogen) atoms. The molecule has 0 aliphatic heterocycles. The van der Waals surface area contributed by atoms with Gasteiger partial charge in [-0.2, -0.15) is 0 Å². The fourth-order valence-electron chi connectivity index (χ4n) is 2.29. The molecule has 0 radical (unpaired) electrons. The molecule has 1 N–H and O–H groups in total. The maximum atomic E-state index is 4.18. The smallest absolute Gasteiger partial charge is 0.173 e. The normalized spacial score (nSPS) is 18.6. The molecule has 106 valence electrons. The zero-order chi connectivity index (χ0) is 13.4. The number of rotatable bonds is 7. The van der Waals surface area contributed by atoms with Crippen LogP contribution in [-0.4, -0.2) is 41.7 Å². The quantitative estimate of drug-likeness (QED) is 0.773. The Bertz CT molecular complexity index is 580. The molecule has 8 heteroatoms. The largest absolute Gasteiger partial charge is 0.311 e. The van der Waals surface area contributed by atoms with Gasteiger partial charge in [-0.15, -0.1) is 10.2 Å². The molecule has 0 bridgehead atoms. The van der Waals surface area contributed by atoms with Crippen LogP contribution in [0.1, 0.15) is 43.2 Å². The van der Waals surface area contributed by atoms with E-state index in [1.54, 1.807) is 4.68 Å². The summed E-state index contributed by atoms with van der Waals surface area (Å²) in [5.74, 6) is 1.74. The lowest BCUT2D eigenvalue weighted by Crippen LogP contribution is -2.16. The minimum Gasteiger partial charge on any atom is -0.311 e. The molecule has 8 nitrogen and oxygen atoms in total. The Labute approximate surface area is 116 Å². The fourth-order valence-corrected chi connectivity index (χ4v) is 2.29. The van der Waals surface area contributed by atoms with Gasteiger partial charge in [-0.3, -0.25) is 0 Å². The number of hydrogen-bond acceptors (Lipinski definition) is 6. The van der Waals surface area contributed by atoms with Crippen LogP contribution in [0.3, 0.4) is 0 Å². The molecule has 0 amide bonds. The number of aromatic nitrogens is 7. The first kappa shape index (κ1) is 12.0. The summed E-state index contributed by atoms with van der Waals surface area (Å²) in [6.07, 6.45) is 7.04. The van der Waals surface area contributed by atoms with Crippen molar-refractivity contribution in [3.63, 3.8) is 0 Å². The highest BCUT2D eigenvalue weighted by molar-refractivity contribution is 4.96. The van der Waals surface area contributed by atoms with Crippen LogP contribution < -0.4 is 5.32 Å². The lowest BCUT2D eigenvalue weighted by molar-refractivity contribution is 0.543. The van der Waals surface area contributed by atoms with E-state index in [2.05, 4.69) is 31.2 Å². The molecule has 0 spiro atoms. The minimum absolute atomic E-state index is 0.489. The van der Waals surface area contributed by atoms with E-state index in [0.717, 1.165) is 30.5 Å². The third-order valence-corrected chi connectivity index (χ3v) is 3.78. The Morgan fingerprint density at radius 1 is 1.15 bits per heavy atom. The molecule has 2 aromatic rings. The summed E-state index contributed by atoms with van der Waals surface area (Å²) < 4.78 is 3.71. The Balaban J connectivity index is 1.35. The molecular formula is C12H18N8. The van der Waals surface area contributed by atoms with Crippen molar-refractivity contribution in [3.05, 3.63) is 17.7 Å². The Hall–Kier alpha value is -1.83. The molecule has 0 saturated heterocycles. The van der Waals surface area contributed by atoms with Crippen LogP contribution in [-0.2, 0) is 13.1 Å². The second-order valence-electron chi connectivity index (χ2n) is 5.75. The van der Waals surface area contributed by atoms with E-state index in [-0.39, 0.29) is 0 Å². The van der Waals surface area contributed by atoms with Crippen LogP contribution in [0.5, 0.6) is 0 Å². The second-order valence-corrected chi connectivity index (χ2v) is 5.75. The summed E-state index contributed by atoms with van der Waals surface area (Å²) >= 11 is 0. The van der Waals surface area contributed by atoms with Gasteiger partial charge in [-0.1, -0.05) is 5.21 Å². The van der Waals surface area contributed by atoms with E-state index >= 15 is 0 Å². The van der Waals surface area contributed by atoms with Crippen molar-refractivity contribution in [2.24, 2.45) is 5.92 Å². The third kappa shape index (κ3) is 2.69. The first-order valence-electron chi connectivity index (χ1n) is 7.25. The van der Waals surface area contributed by atoms with Gasteiger partial charge in [0.05, 0.1) is 17.9 Å². The summed E-state index contributed by atoms with van der Waals surface area (Å²) in [5, 5.41) is 23.6. The zero-order valence-corrected chi connectivity index (χ0v) is 11.3. The van der Waals surface area contributed by atoms with E-state index in [0.29, 0.717) is 12.6 Å². The highest BCUT2D eigenvalue weighted by atomic mass is 15.6. The number of hydrogen-bond donors (Lipinski definition) is 1. The minimum atomic E-state index is 0.489. The average Bonchev–Trinajstić information content (AvgIpc) is 3.37. The maximum Gasteiger partial charge on any atom is 0.173 e. The molecule has 0 atom stereocenters. The summed E-state index contributed by atoms with van der Waals surface area (Å²) in [6, 6.07) is 0.489. The SMILES string of the molecule is c1c(CNCC2CC2)nnn1Cc1nnnn1C1CC1. The number of tetrazole rings is 1. The van der Waals surface area contributed by atoms with Crippen molar-refractivity contribution in [1.82, 2.24) is 40.5 Å². The van der Waals surface area contributed by atoms with Gasteiger partial charge >= 0.3 is 0 Å². The molecule has 0 unspecified atom stereocenters. The van der Waals surface area contributed by atoms with Gasteiger partial charge in [-0.25, -0.2) is 9.36 Å². The van der Waals surface area contributed by atoms with Crippen molar-refractivity contribution < 1.29 is 0 Å². The number of nitrogens with zero attached hydrogens (tertiary/aromatic N) is 7. The van der Waals surface area contributed by atoms with E-state index < -0.39 is 0 Å². The summed E-state index contributed by atoms with van der Waals surface area (Å²) in [4.78, 5) is 0. The summed E-state index contributed by atoms with van der Waals surface area (Å²) in [5.41, 5.74) is 0.969. The molecule has 4 rings (SSSR count). The van der Waals surface area contributed by atoms with Crippen LogP contribution in [0.2, 0.25) is 0 Å². The Kier molecular flexibility index (Phi) is 2.95. The van der Waals surface area contributed by atoms with Crippen LogP contribution >= 0.6 is 0 Å². The Morgan fingerprint density at radius 3 is 2.85 bits per heavy atom. The number of nitrogens with one attached hydrogen (secondary N) is 1. The zero-order valence-electron chi connectivity index (χ0n) is 11.3. The van der Waals surface area contributed by atoms with Gasteiger partial charge in [0.2, 0.25) is 0 Å². The molecule has 2 fully saturated rings. The van der Waals surface area contributed by atoms with Crippen molar-refractivity contribution in [1.29, 1.82) is 0 Å². The van der Waals surface area contributed by atoms with Crippen LogP contribution in [0.25, 0.3) is 0 Å². The van der Waals surface area contributed by atoms with E-state index in [1.807, 2.05) is 10.9 Å². The van der Waals surface area contributed by atoms with Crippen LogP contribution in [0, 0.1) is 5.92 Å². The molecular weight excluding hydrogens is 256 g/mol. The van der Waals surface area contributed by atoms with Crippen molar-refractivity contribution in [2.75, 3.05) is 6.54 Å². The maximum absolute atomic E-state index is 4.18. The second kappa shape index (κ2) is 4.93. The standard InChI is InChI=1S/C12H18N8/c1-2-9(1)5-13-6-10-7-19(17-14-10)8-12-15-16-18-20(12)11-3-4-11/h7,9,11,13H,1-6,8H2. The van der Waals surface area contributed by atoms with Gasteiger partial charge in [0.15, 0.2) is 5.82 Å². The van der Waals surface area contributed by atoms with Gasteiger partial charge in [-0.05, 0) is 48.6 Å². The molecule has 2 aromatic heterocycles. The topological polar surface area (TPSA) is 86.3 Å². The van der Waals surface area contributed by atoms with Gasteiger partial charge < -0.3 is 5.32 Å². The highest BCUT2D eigenvalue weighted by Crippen LogP contribution is 2.34. The Morgan fingerprint density at radius 2 is 2.05 bits per heavy atom. The predicted molar refractivity (Wildman–Crippen MR) is 69.6 cm³/mol.